The second-order valence-corrected chi connectivity index (χ2v) is 8.52. The minimum atomic E-state index is 0.495. The molecule has 0 spiro atoms. The molecule has 110 valence electrons. The van der Waals surface area contributed by atoms with Crippen molar-refractivity contribution in [2.24, 2.45) is 34.8 Å². The maximum atomic E-state index is 6.45. The van der Waals surface area contributed by atoms with Crippen molar-refractivity contribution < 1.29 is 0 Å². The van der Waals surface area contributed by atoms with Crippen molar-refractivity contribution in [2.45, 2.75) is 58.9 Å². The highest BCUT2D eigenvalue weighted by Gasteiger charge is 2.46. The normalized spacial score (nSPS) is 41.1. The third kappa shape index (κ3) is 2.71. The second-order valence-electron chi connectivity index (χ2n) is 8.52. The van der Waals surface area contributed by atoms with Crippen LogP contribution in [0.25, 0.3) is 0 Å². The van der Waals surface area contributed by atoms with Gasteiger partial charge in [0.1, 0.15) is 0 Å². The molecule has 3 fully saturated rings. The van der Waals surface area contributed by atoms with E-state index in [9.17, 15) is 0 Å². The summed E-state index contributed by atoms with van der Waals surface area (Å²) in [6.07, 6.45) is 7.08. The van der Waals surface area contributed by atoms with Gasteiger partial charge in [0.2, 0.25) is 0 Å². The van der Waals surface area contributed by atoms with Gasteiger partial charge in [-0.3, -0.25) is 0 Å². The van der Waals surface area contributed by atoms with Crippen molar-refractivity contribution in [3.05, 3.63) is 0 Å². The van der Waals surface area contributed by atoms with Gasteiger partial charge in [0, 0.05) is 12.6 Å². The van der Waals surface area contributed by atoms with Crippen molar-refractivity contribution in [1.82, 2.24) is 4.90 Å². The van der Waals surface area contributed by atoms with Gasteiger partial charge in [-0.1, -0.05) is 20.8 Å². The van der Waals surface area contributed by atoms with Crippen LogP contribution in [0.1, 0.15) is 52.9 Å². The number of hydrogen-bond donors (Lipinski definition) is 1. The molecule has 2 aliphatic carbocycles. The van der Waals surface area contributed by atoms with Crippen LogP contribution >= 0.6 is 0 Å². The summed E-state index contributed by atoms with van der Waals surface area (Å²) < 4.78 is 0. The largest absolute Gasteiger partial charge is 0.327 e. The van der Waals surface area contributed by atoms with Crippen LogP contribution in [-0.2, 0) is 0 Å². The van der Waals surface area contributed by atoms with E-state index in [1.807, 2.05) is 0 Å². The summed E-state index contributed by atoms with van der Waals surface area (Å²) in [5.74, 6) is 3.55. The lowest BCUT2D eigenvalue weighted by atomic mass is 9.75. The van der Waals surface area contributed by atoms with Gasteiger partial charge in [-0.25, -0.2) is 0 Å². The molecule has 0 aromatic rings. The smallest absolute Gasteiger partial charge is 0.0111 e. The summed E-state index contributed by atoms with van der Waals surface area (Å²) in [4.78, 5) is 2.72. The Bertz CT molecular complexity index is 310. The predicted molar refractivity (Wildman–Crippen MR) is 80.9 cm³/mol. The van der Waals surface area contributed by atoms with E-state index in [2.05, 4.69) is 25.7 Å². The molecule has 0 amide bonds. The number of nitrogens with zero attached hydrogens (tertiary/aromatic N) is 1. The standard InChI is InChI=1S/C17H32N2/c1-17(2,3)14-6-8-19(9-7-14)11-15-12-4-5-13(10-12)16(15)18/h12-16H,4-11,18H2,1-3H3. The second kappa shape index (κ2) is 5.04. The van der Waals surface area contributed by atoms with E-state index in [-0.39, 0.29) is 0 Å². The van der Waals surface area contributed by atoms with Crippen LogP contribution in [0.2, 0.25) is 0 Å². The molecule has 0 radical (unpaired) electrons. The Hall–Kier alpha value is -0.0800. The molecule has 2 nitrogen and oxygen atoms in total. The molecule has 4 atom stereocenters. The zero-order valence-corrected chi connectivity index (χ0v) is 13.1. The third-order valence-electron chi connectivity index (χ3n) is 6.44. The van der Waals surface area contributed by atoms with Gasteiger partial charge in [0.25, 0.3) is 0 Å². The van der Waals surface area contributed by atoms with E-state index in [1.165, 1.54) is 51.7 Å². The predicted octanol–water partition coefficient (Wildman–Crippen LogP) is 3.12. The van der Waals surface area contributed by atoms with Crippen LogP contribution in [0.3, 0.4) is 0 Å². The summed E-state index contributed by atoms with van der Waals surface area (Å²) in [5, 5.41) is 0. The third-order valence-corrected chi connectivity index (χ3v) is 6.44. The van der Waals surface area contributed by atoms with Gasteiger partial charge in [-0.15, -0.1) is 0 Å². The molecular weight excluding hydrogens is 232 g/mol. The number of piperidine rings is 1. The van der Waals surface area contributed by atoms with Gasteiger partial charge in [-0.2, -0.15) is 0 Å². The monoisotopic (exact) mass is 264 g/mol. The first-order valence-corrected chi connectivity index (χ1v) is 8.43. The summed E-state index contributed by atoms with van der Waals surface area (Å²) in [6, 6.07) is 0.513. The van der Waals surface area contributed by atoms with Crippen LogP contribution in [-0.4, -0.2) is 30.6 Å². The van der Waals surface area contributed by atoms with Crippen LogP contribution in [0, 0.1) is 29.1 Å². The molecule has 1 aliphatic heterocycles. The Kier molecular flexibility index (Phi) is 3.68. The Morgan fingerprint density at radius 3 is 2.16 bits per heavy atom. The van der Waals surface area contributed by atoms with E-state index in [4.69, 9.17) is 5.73 Å². The lowest BCUT2D eigenvalue weighted by Gasteiger charge is -2.41. The summed E-state index contributed by atoms with van der Waals surface area (Å²) in [7, 11) is 0. The molecule has 2 saturated carbocycles. The van der Waals surface area contributed by atoms with Gasteiger partial charge in [-0.05, 0) is 74.3 Å². The highest BCUT2D eigenvalue weighted by molar-refractivity contribution is 5.00. The molecule has 0 aromatic carbocycles. The van der Waals surface area contributed by atoms with Gasteiger partial charge < -0.3 is 10.6 Å². The molecule has 2 heteroatoms. The number of hydrogen-bond acceptors (Lipinski definition) is 2. The fourth-order valence-corrected chi connectivity index (χ4v) is 5.01. The number of fused-ring (bicyclic) bond motifs is 2. The van der Waals surface area contributed by atoms with E-state index in [0.29, 0.717) is 11.5 Å². The van der Waals surface area contributed by atoms with E-state index < -0.39 is 0 Å². The first-order valence-electron chi connectivity index (χ1n) is 8.43. The molecule has 2 bridgehead atoms. The molecule has 3 aliphatic rings. The topological polar surface area (TPSA) is 29.3 Å². The molecule has 2 N–H and O–H groups in total. The lowest BCUT2D eigenvalue weighted by molar-refractivity contribution is 0.0878. The highest BCUT2D eigenvalue weighted by atomic mass is 15.1. The Morgan fingerprint density at radius 1 is 1.00 bits per heavy atom. The summed E-state index contributed by atoms with van der Waals surface area (Å²) in [5.41, 5.74) is 6.95. The van der Waals surface area contributed by atoms with E-state index in [1.54, 1.807) is 0 Å². The molecule has 3 rings (SSSR count). The molecule has 0 aromatic heterocycles. The average molecular weight is 264 g/mol. The van der Waals surface area contributed by atoms with Crippen molar-refractivity contribution in [3.63, 3.8) is 0 Å². The highest BCUT2D eigenvalue weighted by Crippen LogP contribution is 2.48. The minimum Gasteiger partial charge on any atom is -0.327 e. The van der Waals surface area contributed by atoms with Crippen LogP contribution in [0.4, 0.5) is 0 Å². The molecular formula is C17H32N2. The number of nitrogens with two attached hydrogens (primary N) is 1. The van der Waals surface area contributed by atoms with Gasteiger partial charge in [0.05, 0.1) is 0 Å². The Morgan fingerprint density at radius 2 is 1.63 bits per heavy atom. The van der Waals surface area contributed by atoms with E-state index in [0.717, 1.165) is 23.7 Å². The molecule has 19 heavy (non-hydrogen) atoms. The zero-order valence-electron chi connectivity index (χ0n) is 13.1. The fourth-order valence-electron chi connectivity index (χ4n) is 5.01. The van der Waals surface area contributed by atoms with Crippen molar-refractivity contribution in [1.29, 1.82) is 0 Å². The Labute approximate surface area is 119 Å². The number of likely N-dealkylation sites (tertiary alicyclic amines) is 1. The van der Waals surface area contributed by atoms with Gasteiger partial charge in [0.15, 0.2) is 0 Å². The molecule has 1 heterocycles. The van der Waals surface area contributed by atoms with Gasteiger partial charge >= 0.3 is 0 Å². The quantitative estimate of drug-likeness (QED) is 0.830. The van der Waals surface area contributed by atoms with Crippen molar-refractivity contribution in [3.8, 4) is 0 Å². The Balaban J connectivity index is 1.50. The SMILES string of the molecule is CC(C)(C)C1CCN(CC2C3CCC(C3)C2N)CC1. The van der Waals surface area contributed by atoms with Crippen molar-refractivity contribution >= 4 is 0 Å². The maximum absolute atomic E-state index is 6.45. The van der Waals surface area contributed by atoms with Crippen LogP contribution in [0.5, 0.6) is 0 Å². The fraction of sp³-hybridized carbons (Fsp3) is 1.00. The average Bonchev–Trinajstić information content (AvgIpc) is 2.93. The maximum Gasteiger partial charge on any atom is 0.0111 e. The lowest BCUT2D eigenvalue weighted by Crippen LogP contribution is -2.46. The molecule has 4 unspecified atom stereocenters. The van der Waals surface area contributed by atoms with E-state index >= 15 is 0 Å². The number of rotatable bonds is 2. The zero-order chi connectivity index (χ0) is 13.6. The molecule has 1 saturated heterocycles. The first kappa shape index (κ1) is 13.9. The summed E-state index contributed by atoms with van der Waals surface area (Å²) >= 11 is 0. The first-order chi connectivity index (χ1) is 8.95. The summed E-state index contributed by atoms with van der Waals surface area (Å²) in [6.45, 7) is 11.1. The van der Waals surface area contributed by atoms with Crippen molar-refractivity contribution in [2.75, 3.05) is 19.6 Å². The van der Waals surface area contributed by atoms with Crippen LogP contribution in [0.15, 0.2) is 0 Å². The van der Waals surface area contributed by atoms with Crippen LogP contribution < -0.4 is 5.73 Å². The minimum absolute atomic E-state index is 0.495.